The highest BCUT2D eigenvalue weighted by Gasteiger charge is 2.30. The summed E-state index contributed by atoms with van der Waals surface area (Å²) in [5, 5.41) is 0.862. The Kier molecular flexibility index (Phi) is 5.26. The van der Waals surface area contributed by atoms with Gasteiger partial charge in [-0.1, -0.05) is 45.0 Å². The average molecular weight is 382 g/mol. The molecule has 0 radical (unpaired) electrons. The first-order valence-electron chi connectivity index (χ1n) is 10.0. The summed E-state index contributed by atoms with van der Waals surface area (Å²) in [5.41, 5.74) is 1.48. The van der Waals surface area contributed by atoms with E-state index >= 15 is 0 Å². The number of fused-ring (bicyclic) bond motifs is 1. The molecule has 1 heterocycles. The minimum Gasteiger partial charge on any atom is -0.443 e. The lowest BCUT2D eigenvalue weighted by Crippen LogP contribution is -2.29. The zero-order valence-electron chi connectivity index (χ0n) is 17.8. The molecular weight excluding hydrogens is 350 g/mol. The number of rotatable bonds is 2. The SMILES string of the molecule is CC(C)(C)OC(=O)n1c(C(=O)C2=CCC(C(C)(C)C)CC2)cc2ccccc21. The number of ether oxygens (including phenoxy) is 1. The highest BCUT2D eigenvalue weighted by molar-refractivity contribution is 6.12. The molecule has 0 saturated heterocycles. The minimum absolute atomic E-state index is 0.0746. The van der Waals surface area contributed by atoms with Crippen LogP contribution in [0.5, 0.6) is 0 Å². The molecule has 1 aromatic heterocycles. The second kappa shape index (κ2) is 7.23. The van der Waals surface area contributed by atoms with Gasteiger partial charge in [0.2, 0.25) is 5.78 Å². The average Bonchev–Trinajstić information content (AvgIpc) is 2.98. The Morgan fingerprint density at radius 3 is 2.32 bits per heavy atom. The molecule has 28 heavy (non-hydrogen) atoms. The normalized spacial score (nSPS) is 18.1. The van der Waals surface area contributed by atoms with Crippen LogP contribution in [-0.4, -0.2) is 22.0 Å². The summed E-state index contributed by atoms with van der Waals surface area (Å²) in [7, 11) is 0. The van der Waals surface area contributed by atoms with Gasteiger partial charge in [-0.3, -0.25) is 4.79 Å². The standard InChI is InChI=1S/C24H31NO3/c1-23(2,3)18-13-11-16(12-14-18)21(26)20-15-17-9-7-8-10-19(17)25(20)22(27)28-24(4,5)6/h7-11,15,18H,12-14H2,1-6H3. The van der Waals surface area contributed by atoms with Gasteiger partial charge in [-0.15, -0.1) is 0 Å². The number of ketones is 1. The third kappa shape index (κ3) is 4.21. The molecule has 1 unspecified atom stereocenters. The van der Waals surface area contributed by atoms with E-state index in [-0.39, 0.29) is 11.2 Å². The van der Waals surface area contributed by atoms with Gasteiger partial charge in [0, 0.05) is 5.39 Å². The molecule has 1 atom stereocenters. The maximum absolute atomic E-state index is 13.3. The van der Waals surface area contributed by atoms with Gasteiger partial charge in [-0.05, 0) is 69.1 Å². The van der Waals surface area contributed by atoms with E-state index in [1.165, 1.54) is 4.57 Å². The van der Waals surface area contributed by atoms with E-state index in [2.05, 4.69) is 26.8 Å². The first-order chi connectivity index (χ1) is 13.0. The quantitative estimate of drug-likeness (QED) is 0.567. The first kappa shape index (κ1) is 20.4. The number of Topliss-reactive ketones (excluding diaryl/α,β-unsaturated/α-hetero) is 1. The van der Waals surface area contributed by atoms with Gasteiger partial charge in [0.25, 0.3) is 0 Å². The van der Waals surface area contributed by atoms with Crippen LogP contribution in [0.1, 0.15) is 71.3 Å². The van der Waals surface area contributed by atoms with Crippen molar-refractivity contribution in [3.63, 3.8) is 0 Å². The van der Waals surface area contributed by atoms with Crippen LogP contribution in [-0.2, 0) is 4.74 Å². The lowest BCUT2D eigenvalue weighted by Gasteiger charge is -2.33. The van der Waals surface area contributed by atoms with Gasteiger partial charge in [0.05, 0.1) is 5.52 Å². The zero-order chi connectivity index (χ0) is 20.7. The van der Waals surface area contributed by atoms with E-state index < -0.39 is 11.7 Å². The van der Waals surface area contributed by atoms with Crippen molar-refractivity contribution in [1.29, 1.82) is 0 Å². The molecule has 0 fully saturated rings. The fourth-order valence-electron chi connectivity index (χ4n) is 3.82. The molecule has 150 valence electrons. The summed E-state index contributed by atoms with van der Waals surface area (Å²) in [4.78, 5) is 26.2. The Labute approximate surface area is 167 Å². The summed E-state index contributed by atoms with van der Waals surface area (Å²) in [6, 6.07) is 9.34. The minimum atomic E-state index is -0.632. The van der Waals surface area contributed by atoms with E-state index in [0.717, 1.165) is 30.2 Å². The van der Waals surface area contributed by atoms with Gasteiger partial charge in [0.15, 0.2) is 0 Å². The third-order valence-electron chi connectivity index (χ3n) is 5.45. The number of carbonyl (C=O) groups excluding carboxylic acids is 2. The van der Waals surface area contributed by atoms with Crippen LogP contribution in [0, 0.1) is 11.3 Å². The Hall–Kier alpha value is -2.36. The van der Waals surface area contributed by atoms with Crippen molar-refractivity contribution in [1.82, 2.24) is 4.57 Å². The Balaban J connectivity index is 1.99. The van der Waals surface area contributed by atoms with Gasteiger partial charge >= 0.3 is 6.09 Å². The smallest absolute Gasteiger partial charge is 0.419 e. The molecule has 2 aromatic rings. The van der Waals surface area contributed by atoms with Crippen LogP contribution in [0.4, 0.5) is 4.79 Å². The van der Waals surface area contributed by atoms with Crippen LogP contribution < -0.4 is 0 Å². The highest BCUT2D eigenvalue weighted by atomic mass is 16.6. The summed E-state index contributed by atoms with van der Waals surface area (Å²) < 4.78 is 7.01. The molecule has 1 aliphatic carbocycles. The topological polar surface area (TPSA) is 48.3 Å². The maximum atomic E-state index is 13.3. The van der Waals surface area contributed by atoms with Crippen LogP contribution in [0.2, 0.25) is 0 Å². The number of nitrogens with zero attached hydrogens (tertiary/aromatic N) is 1. The number of allylic oxidation sites excluding steroid dienone is 2. The van der Waals surface area contributed by atoms with E-state index in [9.17, 15) is 9.59 Å². The van der Waals surface area contributed by atoms with Crippen LogP contribution >= 0.6 is 0 Å². The van der Waals surface area contributed by atoms with Crippen molar-refractivity contribution < 1.29 is 14.3 Å². The predicted molar refractivity (Wildman–Crippen MR) is 113 cm³/mol. The first-order valence-corrected chi connectivity index (χ1v) is 10.0. The number of hydrogen-bond donors (Lipinski definition) is 0. The molecule has 0 aliphatic heterocycles. The third-order valence-corrected chi connectivity index (χ3v) is 5.45. The van der Waals surface area contributed by atoms with Crippen LogP contribution in [0.3, 0.4) is 0 Å². The predicted octanol–water partition coefficient (Wildman–Crippen LogP) is 6.38. The van der Waals surface area contributed by atoms with E-state index in [1.807, 2.05) is 45.0 Å². The molecule has 0 spiro atoms. The van der Waals surface area contributed by atoms with Gasteiger partial charge in [-0.2, -0.15) is 0 Å². The van der Waals surface area contributed by atoms with Crippen molar-refractivity contribution in [3.05, 3.63) is 47.7 Å². The summed E-state index contributed by atoms with van der Waals surface area (Å²) in [6.07, 6.45) is 4.20. The molecule has 4 nitrogen and oxygen atoms in total. The Morgan fingerprint density at radius 1 is 1.07 bits per heavy atom. The van der Waals surface area contributed by atoms with Crippen LogP contribution in [0.15, 0.2) is 42.0 Å². The maximum Gasteiger partial charge on any atom is 0.419 e. The highest BCUT2D eigenvalue weighted by Crippen LogP contribution is 2.38. The molecule has 0 saturated carbocycles. The molecule has 0 N–H and O–H groups in total. The van der Waals surface area contributed by atoms with Gasteiger partial charge < -0.3 is 4.74 Å². The lowest BCUT2D eigenvalue weighted by atomic mass is 9.72. The summed E-state index contributed by atoms with van der Waals surface area (Å²) in [5.74, 6) is 0.496. The molecule has 1 aliphatic rings. The summed E-state index contributed by atoms with van der Waals surface area (Å²) >= 11 is 0. The van der Waals surface area contributed by atoms with Crippen molar-refractivity contribution in [2.24, 2.45) is 11.3 Å². The molecule has 0 amide bonds. The monoisotopic (exact) mass is 381 g/mol. The lowest BCUT2D eigenvalue weighted by molar-refractivity contribution is 0.0536. The number of hydrogen-bond acceptors (Lipinski definition) is 3. The number of aromatic nitrogens is 1. The van der Waals surface area contributed by atoms with Gasteiger partial charge in [0.1, 0.15) is 11.3 Å². The fourth-order valence-corrected chi connectivity index (χ4v) is 3.82. The van der Waals surface area contributed by atoms with Crippen molar-refractivity contribution >= 4 is 22.8 Å². The molecular formula is C24H31NO3. The molecule has 3 rings (SSSR count). The second-order valence-corrected chi connectivity index (χ2v) is 9.80. The molecule has 4 heteroatoms. The largest absolute Gasteiger partial charge is 0.443 e. The van der Waals surface area contributed by atoms with E-state index in [4.69, 9.17) is 4.74 Å². The summed E-state index contributed by atoms with van der Waals surface area (Å²) in [6.45, 7) is 12.2. The van der Waals surface area contributed by atoms with Crippen molar-refractivity contribution in [2.45, 2.75) is 66.4 Å². The Morgan fingerprint density at radius 2 is 1.75 bits per heavy atom. The Bertz CT molecular complexity index is 935. The molecule has 1 aromatic carbocycles. The number of para-hydroxylation sites is 1. The number of carbonyl (C=O) groups is 2. The zero-order valence-corrected chi connectivity index (χ0v) is 17.8. The van der Waals surface area contributed by atoms with Gasteiger partial charge in [-0.25, -0.2) is 9.36 Å². The van der Waals surface area contributed by atoms with E-state index in [0.29, 0.717) is 17.1 Å². The molecule has 0 bridgehead atoms. The second-order valence-electron chi connectivity index (χ2n) is 9.80. The van der Waals surface area contributed by atoms with E-state index in [1.54, 1.807) is 6.07 Å². The van der Waals surface area contributed by atoms with Crippen molar-refractivity contribution in [2.75, 3.05) is 0 Å². The van der Waals surface area contributed by atoms with Crippen molar-refractivity contribution in [3.8, 4) is 0 Å². The number of benzene rings is 1. The van der Waals surface area contributed by atoms with Crippen LogP contribution in [0.25, 0.3) is 10.9 Å². The fraction of sp³-hybridized carbons (Fsp3) is 0.500.